The fourth-order valence-corrected chi connectivity index (χ4v) is 5.88. The van der Waals surface area contributed by atoms with Gasteiger partial charge in [-0.15, -0.1) is 10.2 Å². The first-order valence-electron chi connectivity index (χ1n) is 9.86. The molecule has 1 N–H and O–H groups in total. The van der Waals surface area contributed by atoms with Crippen LogP contribution in [0.4, 0.5) is 5.13 Å². The first-order chi connectivity index (χ1) is 15.1. The molecule has 3 rings (SSSR count). The van der Waals surface area contributed by atoms with Crippen LogP contribution in [0.1, 0.15) is 30.8 Å². The molecule has 0 unspecified atom stereocenters. The van der Waals surface area contributed by atoms with E-state index in [1.54, 1.807) is 13.8 Å². The number of nitriles is 1. The molecule has 2 aromatic heterocycles. The lowest BCUT2D eigenvalue weighted by atomic mass is 10.1. The summed E-state index contributed by atoms with van der Waals surface area (Å²) < 4.78 is 26.5. The maximum Gasteiger partial charge on any atom is 0.268 e. The number of anilines is 1. The van der Waals surface area contributed by atoms with E-state index in [9.17, 15) is 18.5 Å². The zero-order chi connectivity index (χ0) is 23.5. The molecule has 3 aromatic rings. The number of hydrogen-bond acceptors (Lipinski definition) is 7. The number of benzene rings is 1. The van der Waals surface area contributed by atoms with Crippen molar-refractivity contribution in [1.29, 1.82) is 5.26 Å². The number of para-hydroxylation sites is 1. The van der Waals surface area contributed by atoms with E-state index in [1.807, 2.05) is 60.9 Å². The lowest BCUT2D eigenvalue weighted by Gasteiger charge is -2.09. The summed E-state index contributed by atoms with van der Waals surface area (Å²) in [6.45, 7) is 7.44. The fraction of sp³-hybridized carbons (Fsp3) is 0.273. The summed E-state index contributed by atoms with van der Waals surface area (Å²) in [6.07, 6.45) is 1.51. The second-order valence-electron chi connectivity index (χ2n) is 7.67. The minimum absolute atomic E-state index is 0.0215. The maximum absolute atomic E-state index is 12.6. The molecule has 0 bridgehead atoms. The van der Waals surface area contributed by atoms with Crippen LogP contribution in [0.2, 0.25) is 0 Å². The third-order valence-corrected chi connectivity index (χ3v) is 7.96. The summed E-state index contributed by atoms with van der Waals surface area (Å²) in [5.41, 5.74) is 3.43. The van der Waals surface area contributed by atoms with Crippen LogP contribution in [-0.2, 0) is 14.6 Å². The molecule has 166 valence electrons. The highest BCUT2D eigenvalue weighted by Crippen LogP contribution is 2.25. The monoisotopic (exact) mass is 469 g/mol. The summed E-state index contributed by atoms with van der Waals surface area (Å²) in [6, 6.07) is 13.6. The van der Waals surface area contributed by atoms with E-state index in [1.165, 1.54) is 6.08 Å². The molecule has 0 saturated carbocycles. The van der Waals surface area contributed by atoms with Gasteiger partial charge in [0.2, 0.25) is 19.3 Å². The summed E-state index contributed by atoms with van der Waals surface area (Å²) >= 11 is 0.768. The van der Waals surface area contributed by atoms with Gasteiger partial charge >= 0.3 is 0 Å². The van der Waals surface area contributed by atoms with E-state index in [-0.39, 0.29) is 26.7 Å². The van der Waals surface area contributed by atoms with Gasteiger partial charge in [-0.1, -0.05) is 43.4 Å². The molecule has 0 spiro atoms. The molecule has 2 heterocycles. The Kier molecular flexibility index (Phi) is 6.91. The van der Waals surface area contributed by atoms with Crippen LogP contribution in [0, 0.1) is 31.1 Å². The Morgan fingerprint density at radius 2 is 1.94 bits per heavy atom. The summed E-state index contributed by atoms with van der Waals surface area (Å²) in [5, 5.41) is 19.5. The highest BCUT2D eigenvalue weighted by molar-refractivity contribution is 7.93. The maximum atomic E-state index is 12.6. The predicted molar refractivity (Wildman–Crippen MR) is 124 cm³/mol. The number of hydrogen-bond donors (Lipinski definition) is 1. The van der Waals surface area contributed by atoms with Crippen LogP contribution in [0.3, 0.4) is 0 Å². The number of aromatic nitrogens is 3. The zero-order valence-electron chi connectivity index (χ0n) is 18.2. The molecule has 1 aromatic carbocycles. The number of carbonyl (C=O) groups is 1. The highest BCUT2D eigenvalue weighted by atomic mass is 32.2. The second-order valence-corrected chi connectivity index (χ2v) is 10.9. The van der Waals surface area contributed by atoms with Gasteiger partial charge in [0.25, 0.3) is 5.91 Å². The number of sulfone groups is 1. The van der Waals surface area contributed by atoms with Gasteiger partial charge in [-0.3, -0.25) is 10.1 Å². The molecule has 1 amide bonds. The van der Waals surface area contributed by atoms with Crippen molar-refractivity contribution in [2.75, 3.05) is 11.1 Å². The van der Waals surface area contributed by atoms with Crippen LogP contribution in [0.15, 0.2) is 46.3 Å². The molecule has 0 aliphatic rings. The highest BCUT2D eigenvalue weighted by Gasteiger charge is 2.23. The minimum Gasteiger partial charge on any atom is -0.318 e. The third kappa shape index (κ3) is 5.12. The van der Waals surface area contributed by atoms with Gasteiger partial charge < -0.3 is 4.57 Å². The van der Waals surface area contributed by atoms with Gasteiger partial charge in [0.1, 0.15) is 11.6 Å². The Bertz CT molecular complexity index is 1310. The third-order valence-electron chi connectivity index (χ3n) is 4.60. The molecule has 0 aliphatic carbocycles. The number of amides is 1. The van der Waals surface area contributed by atoms with Crippen LogP contribution in [-0.4, -0.2) is 34.8 Å². The van der Waals surface area contributed by atoms with Crippen molar-refractivity contribution in [3.63, 3.8) is 0 Å². The standard InChI is InChI=1S/C22H23N5O3S2/c1-14(2)13-32(29,30)22-26-25-21(31-22)24-20(28)18(12-23)11-17-10-15(3)27(16(17)4)19-8-6-5-7-9-19/h5-11,14H,13H2,1-4H3,(H,24,25,28). The molecular weight excluding hydrogens is 446 g/mol. The van der Waals surface area contributed by atoms with Crippen molar-refractivity contribution in [2.24, 2.45) is 5.92 Å². The van der Waals surface area contributed by atoms with Gasteiger partial charge in [-0.25, -0.2) is 8.42 Å². The zero-order valence-corrected chi connectivity index (χ0v) is 19.8. The predicted octanol–water partition coefficient (Wildman–Crippen LogP) is 3.92. The molecule has 0 atom stereocenters. The smallest absolute Gasteiger partial charge is 0.268 e. The van der Waals surface area contributed by atoms with Gasteiger partial charge in [0, 0.05) is 17.1 Å². The fourth-order valence-electron chi connectivity index (χ4n) is 3.27. The van der Waals surface area contributed by atoms with Gasteiger partial charge in [0.05, 0.1) is 5.75 Å². The van der Waals surface area contributed by atoms with E-state index in [0.29, 0.717) is 0 Å². The Morgan fingerprint density at radius 3 is 2.56 bits per heavy atom. The molecule has 10 heteroatoms. The number of aryl methyl sites for hydroxylation is 1. The van der Waals surface area contributed by atoms with Crippen LogP contribution >= 0.6 is 11.3 Å². The number of nitrogens with one attached hydrogen (secondary N) is 1. The van der Waals surface area contributed by atoms with Crippen molar-refractivity contribution in [3.05, 3.63) is 58.9 Å². The molecule has 0 aliphatic heterocycles. The van der Waals surface area contributed by atoms with Crippen molar-refractivity contribution in [1.82, 2.24) is 14.8 Å². The normalized spacial score (nSPS) is 12.1. The Hall–Kier alpha value is -3.29. The number of rotatable bonds is 7. The van der Waals surface area contributed by atoms with Crippen molar-refractivity contribution >= 4 is 38.3 Å². The van der Waals surface area contributed by atoms with Gasteiger partial charge in [0.15, 0.2) is 0 Å². The Morgan fingerprint density at radius 1 is 1.25 bits per heavy atom. The topological polar surface area (TPSA) is 118 Å². The molecule has 8 nitrogen and oxygen atoms in total. The van der Waals surface area contributed by atoms with Crippen LogP contribution < -0.4 is 5.32 Å². The lowest BCUT2D eigenvalue weighted by Crippen LogP contribution is -2.13. The first-order valence-corrected chi connectivity index (χ1v) is 12.3. The largest absolute Gasteiger partial charge is 0.318 e. The van der Waals surface area contributed by atoms with Crippen molar-refractivity contribution in [2.45, 2.75) is 32.0 Å². The van der Waals surface area contributed by atoms with Gasteiger partial charge in [-0.05, 0) is 49.6 Å². The summed E-state index contributed by atoms with van der Waals surface area (Å²) in [5.74, 6) is -0.804. The minimum atomic E-state index is -3.57. The lowest BCUT2D eigenvalue weighted by molar-refractivity contribution is -0.112. The van der Waals surface area contributed by atoms with Gasteiger partial charge in [-0.2, -0.15) is 5.26 Å². The average Bonchev–Trinajstić information content (AvgIpc) is 3.30. The Balaban J connectivity index is 1.84. The molecule has 0 fully saturated rings. The molecule has 0 saturated heterocycles. The quantitative estimate of drug-likeness (QED) is 0.318. The van der Waals surface area contributed by atoms with Crippen LogP contribution in [0.5, 0.6) is 0 Å². The van der Waals surface area contributed by atoms with Crippen LogP contribution in [0.25, 0.3) is 11.8 Å². The molecular formula is C22H23N5O3S2. The summed E-state index contributed by atoms with van der Waals surface area (Å²) in [7, 11) is -3.57. The van der Waals surface area contributed by atoms with E-state index >= 15 is 0 Å². The van der Waals surface area contributed by atoms with E-state index in [2.05, 4.69) is 15.5 Å². The average molecular weight is 470 g/mol. The van der Waals surface area contributed by atoms with Crippen molar-refractivity contribution < 1.29 is 13.2 Å². The molecule has 32 heavy (non-hydrogen) atoms. The molecule has 0 radical (unpaired) electrons. The first kappa shape index (κ1) is 23.4. The number of carbonyl (C=O) groups excluding carboxylic acids is 1. The SMILES string of the molecule is Cc1cc(C=C(C#N)C(=O)Nc2nnc(S(=O)(=O)CC(C)C)s2)c(C)n1-c1ccccc1. The Labute approximate surface area is 191 Å². The van der Waals surface area contributed by atoms with E-state index in [0.717, 1.165) is 34.0 Å². The summed E-state index contributed by atoms with van der Waals surface area (Å²) in [4.78, 5) is 12.6. The van der Waals surface area contributed by atoms with Crippen molar-refractivity contribution in [3.8, 4) is 11.8 Å². The van der Waals surface area contributed by atoms with E-state index in [4.69, 9.17) is 0 Å². The van der Waals surface area contributed by atoms with E-state index < -0.39 is 15.7 Å². The second kappa shape index (κ2) is 9.46. The number of nitrogens with zero attached hydrogens (tertiary/aromatic N) is 4.